The maximum atomic E-state index is 10.7. The molecule has 2 aromatic heterocycles. The van der Waals surface area contributed by atoms with E-state index in [9.17, 15) is 5.11 Å². The van der Waals surface area contributed by atoms with Gasteiger partial charge < -0.3 is 15.7 Å². The molecule has 0 bridgehead atoms. The summed E-state index contributed by atoms with van der Waals surface area (Å²) >= 11 is 6.67. The lowest BCUT2D eigenvalue weighted by molar-refractivity contribution is 0.324. The highest BCUT2D eigenvalue weighted by Gasteiger charge is 2.23. The number of halogens is 1. The Morgan fingerprint density at radius 2 is 2.03 bits per heavy atom. The number of benzene rings is 1. The number of nitrogens with two attached hydrogens (primary N) is 1. The number of anilines is 2. The Morgan fingerprint density at radius 1 is 1.26 bits per heavy atom. The van der Waals surface area contributed by atoms with Crippen LogP contribution in [0, 0.1) is 18.8 Å². The number of aromatic hydroxyl groups is 1. The molecule has 3 heterocycles. The molecule has 6 nitrogen and oxygen atoms in total. The lowest BCUT2D eigenvalue weighted by Gasteiger charge is -2.36. The van der Waals surface area contributed by atoms with E-state index in [1.54, 1.807) is 32.3 Å². The molecule has 1 aliphatic rings. The van der Waals surface area contributed by atoms with E-state index in [1.807, 2.05) is 6.20 Å². The monoisotopic (exact) mass is 437 g/mol. The second-order valence-corrected chi connectivity index (χ2v) is 8.94. The minimum Gasteiger partial charge on any atom is -0.507 e. The minimum atomic E-state index is 0.0849. The fourth-order valence-corrected chi connectivity index (χ4v) is 4.40. The van der Waals surface area contributed by atoms with E-state index in [1.165, 1.54) is 6.42 Å². The number of phenolic OH excluding ortho intramolecular Hbond substituents is 1. The number of hydrogen-bond acceptors (Lipinski definition) is 6. The van der Waals surface area contributed by atoms with Crippen LogP contribution in [-0.2, 0) is 0 Å². The van der Waals surface area contributed by atoms with E-state index < -0.39 is 0 Å². The van der Waals surface area contributed by atoms with Crippen molar-refractivity contribution in [2.24, 2.45) is 16.8 Å². The molecule has 0 saturated carbocycles. The molecule has 0 amide bonds. The Morgan fingerprint density at radius 3 is 2.74 bits per heavy atom. The molecule has 4 rings (SSSR count). The van der Waals surface area contributed by atoms with E-state index in [-0.39, 0.29) is 5.75 Å². The summed E-state index contributed by atoms with van der Waals surface area (Å²) in [6.07, 6.45) is 4.70. The van der Waals surface area contributed by atoms with Crippen molar-refractivity contribution in [2.75, 3.05) is 30.8 Å². The zero-order valence-electron chi connectivity index (χ0n) is 18.4. The molecule has 0 radical (unpaired) electrons. The summed E-state index contributed by atoms with van der Waals surface area (Å²) in [6.45, 7) is 8.41. The van der Waals surface area contributed by atoms with Crippen LogP contribution in [0.5, 0.6) is 5.75 Å². The first-order valence-corrected chi connectivity index (χ1v) is 10.9. The van der Waals surface area contributed by atoms with Crippen molar-refractivity contribution < 1.29 is 5.11 Å². The molecule has 7 heteroatoms. The first kappa shape index (κ1) is 21.4. The molecule has 162 valence electrons. The van der Waals surface area contributed by atoms with E-state index in [2.05, 4.69) is 34.8 Å². The largest absolute Gasteiger partial charge is 0.507 e. The number of phenols is 1. The zero-order valence-corrected chi connectivity index (χ0v) is 19.1. The summed E-state index contributed by atoms with van der Waals surface area (Å²) in [5, 5.41) is 12.1. The van der Waals surface area contributed by atoms with Crippen molar-refractivity contribution in [1.29, 1.82) is 0 Å². The van der Waals surface area contributed by atoms with Crippen LogP contribution in [0.25, 0.3) is 22.3 Å². The summed E-state index contributed by atoms with van der Waals surface area (Å²) < 4.78 is 0. The second-order valence-electron chi connectivity index (χ2n) is 8.53. The molecule has 3 aromatic rings. The molecule has 2 unspecified atom stereocenters. The molecule has 3 N–H and O–H groups in total. The van der Waals surface area contributed by atoms with Crippen LogP contribution in [-0.4, -0.2) is 41.4 Å². The van der Waals surface area contributed by atoms with Gasteiger partial charge in [-0.3, -0.25) is 4.99 Å². The predicted molar refractivity (Wildman–Crippen MR) is 129 cm³/mol. The van der Waals surface area contributed by atoms with Crippen molar-refractivity contribution >= 4 is 40.2 Å². The third kappa shape index (κ3) is 3.92. The predicted octanol–water partition coefficient (Wildman–Crippen LogP) is 5.08. The Kier molecular flexibility index (Phi) is 5.75. The molecular weight excluding hydrogens is 410 g/mol. The van der Waals surface area contributed by atoms with Gasteiger partial charge in [0.1, 0.15) is 5.75 Å². The van der Waals surface area contributed by atoms with Gasteiger partial charge in [-0.1, -0.05) is 25.4 Å². The van der Waals surface area contributed by atoms with Crippen LogP contribution < -0.4 is 10.6 Å². The topological polar surface area (TPSA) is 87.6 Å². The van der Waals surface area contributed by atoms with Gasteiger partial charge in [-0.05, 0) is 43.4 Å². The number of piperidine rings is 1. The smallest absolute Gasteiger partial charge is 0.161 e. The maximum Gasteiger partial charge on any atom is 0.161 e. The highest BCUT2D eigenvalue weighted by atomic mass is 35.5. The standard InChI is InChI=1S/C24H28ClN5O/c1-13-5-6-30(12-14(13)2)17-8-18-20(25)9-21(29-24(18)28-11-17)19-7-16(10-27-4)22(26)15(3)23(19)31/h7-11,13-14,31H,5-6,12,26H2,1-4H3. The molecule has 1 saturated heterocycles. The van der Waals surface area contributed by atoms with E-state index >= 15 is 0 Å². The van der Waals surface area contributed by atoms with Gasteiger partial charge in [-0.2, -0.15) is 0 Å². The number of hydrogen-bond donors (Lipinski definition) is 2. The van der Waals surface area contributed by atoms with Crippen LogP contribution in [0.15, 0.2) is 29.4 Å². The molecule has 0 spiro atoms. The van der Waals surface area contributed by atoms with Crippen molar-refractivity contribution in [3.63, 3.8) is 0 Å². The van der Waals surface area contributed by atoms with Crippen molar-refractivity contribution in [1.82, 2.24) is 9.97 Å². The van der Waals surface area contributed by atoms with E-state index in [0.29, 0.717) is 39.1 Å². The number of rotatable bonds is 3. The second kappa shape index (κ2) is 8.35. The number of pyridine rings is 2. The van der Waals surface area contributed by atoms with Gasteiger partial charge >= 0.3 is 0 Å². The molecule has 31 heavy (non-hydrogen) atoms. The summed E-state index contributed by atoms with van der Waals surface area (Å²) in [7, 11) is 1.68. The summed E-state index contributed by atoms with van der Waals surface area (Å²) in [4.78, 5) is 15.7. The van der Waals surface area contributed by atoms with Gasteiger partial charge in [0.05, 0.1) is 22.6 Å². The normalized spacial score (nSPS) is 19.5. The van der Waals surface area contributed by atoms with Gasteiger partial charge in [0.15, 0.2) is 5.65 Å². The third-order valence-corrected chi connectivity index (χ3v) is 6.78. The first-order valence-electron chi connectivity index (χ1n) is 10.6. The number of aromatic nitrogens is 2. The minimum absolute atomic E-state index is 0.0849. The molecule has 1 fully saturated rings. The lowest BCUT2D eigenvalue weighted by atomic mass is 9.88. The van der Waals surface area contributed by atoms with Crippen molar-refractivity contribution in [3.05, 3.63) is 40.5 Å². The Balaban J connectivity index is 1.77. The first-order chi connectivity index (χ1) is 14.8. The fourth-order valence-electron chi connectivity index (χ4n) is 4.15. The number of nitrogen functional groups attached to an aromatic ring is 1. The zero-order chi connectivity index (χ0) is 22.3. The van der Waals surface area contributed by atoms with Gasteiger partial charge in [-0.25, -0.2) is 9.97 Å². The SMILES string of the molecule is CN=Cc1cc(-c2cc(Cl)c3cc(N4CCC(C)C(C)C4)cnc3n2)c(O)c(C)c1N. The summed E-state index contributed by atoms with van der Waals surface area (Å²) in [6, 6.07) is 5.61. The number of aliphatic imine (C=N–C) groups is 1. The number of fused-ring (bicyclic) bond motifs is 1. The lowest BCUT2D eigenvalue weighted by Crippen LogP contribution is -2.38. The molecule has 1 aromatic carbocycles. The Hall–Kier alpha value is -2.86. The summed E-state index contributed by atoms with van der Waals surface area (Å²) in [5.41, 5.74) is 10.6. The quantitative estimate of drug-likeness (QED) is 0.440. The highest BCUT2D eigenvalue weighted by Crippen LogP contribution is 2.38. The maximum absolute atomic E-state index is 10.7. The number of nitrogens with zero attached hydrogens (tertiary/aromatic N) is 4. The average Bonchev–Trinajstić information content (AvgIpc) is 2.76. The van der Waals surface area contributed by atoms with Crippen LogP contribution in [0.4, 0.5) is 11.4 Å². The van der Waals surface area contributed by atoms with Gasteiger partial charge in [0.25, 0.3) is 0 Å². The highest BCUT2D eigenvalue weighted by molar-refractivity contribution is 6.35. The molecule has 0 aliphatic carbocycles. The van der Waals surface area contributed by atoms with Crippen LogP contribution in [0.2, 0.25) is 5.02 Å². The van der Waals surface area contributed by atoms with Gasteiger partial charge in [0.2, 0.25) is 0 Å². The van der Waals surface area contributed by atoms with Crippen molar-refractivity contribution in [3.8, 4) is 17.0 Å². The van der Waals surface area contributed by atoms with E-state index in [4.69, 9.17) is 22.3 Å². The third-order valence-electron chi connectivity index (χ3n) is 6.47. The Labute approximate surface area is 187 Å². The van der Waals surface area contributed by atoms with Gasteiger partial charge in [-0.15, -0.1) is 0 Å². The van der Waals surface area contributed by atoms with Crippen LogP contribution in [0.1, 0.15) is 31.4 Å². The van der Waals surface area contributed by atoms with Gasteiger partial charge in [0, 0.05) is 54.1 Å². The summed E-state index contributed by atoms with van der Waals surface area (Å²) in [5.74, 6) is 1.45. The Bertz CT molecular complexity index is 1180. The van der Waals surface area contributed by atoms with E-state index in [0.717, 1.165) is 35.6 Å². The molecule has 1 aliphatic heterocycles. The average molecular weight is 438 g/mol. The van der Waals surface area contributed by atoms with Crippen LogP contribution >= 0.6 is 11.6 Å². The fraction of sp³-hybridized carbons (Fsp3) is 0.375. The van der Waals surface area contributed by atoms with Crippen LogP contribution in [0.3, 0.4) is 0 Å². The molecule has 2 atom stereocenters. The molecular formula is C24H28ClN5O. The van der Waals surface area contributed by atoms with Crippen molar-refractivity contribution in [2.45, 2.75) is 27.2 Å².